The number of anilines is 1. The third kappa shape index (κ3) is 12.1. The van der Waals surface area contributed by atoms with Gasteiger partial charge in [0.05, 0.1) is 27.1 Å². The molecule has 0 aliphatic carbocycles. The van der Waals surface area contributed by atoms with Crippen LogP contribution in [0, 0.1) is 19.4 Å². The number of carbonyl (C=O) groups is 2. The van der Waals surface area contributed by atoms with E-state index < -0.39 is 0 Å². The maximum Gasteiger partial charge on any atom is 3.00 e. The van der Waals surface area contributed by atoms with E-state index in [1.54, 1.807) is 6.92 Å². The van der Waals surface area contributed by atoms with Gasteiger partial charge in [0.1, 0.15) is 0 Å². The van der Waals surface area contributed by atoms with E-state index in [0.29, 0.717) is 13.1 Å². The van der Waals surface area contributed by atoms with Crippen LogP contribution in [0.1, 0.15) is 44.7 Å². The summed E-state index contributed by atoms with van der Waals surface area (Å²) >= 11 is 0. The topological polar surface area (TPSA) is 55.8 Å². The molecular weight excluding hydrogens is 497 g/mol. The van der Waals surface area contributed by atoms with Crippen LogP contribution in [-0.2, 0) is 41.0 Å². The van der Waals surface area contributed by atoms with E-state index in [4.69, 9.17) is 9.47 Å². The van der Waals surface area contributed by atoms with Gasteiger partial charge in [-0.3, -0.25) is 9.59 Å². The molecule has 5 nitrogen and oxygen atoms in total. The predicted octanol–water partition coefficient (Wildman–Crippen LogP) is 6.01. The second kappa shape index (κ2) is 18.3. The number of benzene rings is 2. The third-order valence-corrected chi connectivity index (χ3v) is 5.31. The Morgan fingerprint density at radius 3 is 2.06 bits per heavy atom. The van der Waals surface area contributed by atoms with E-state index >= 15 is 0 Å². The van der Waals surface area contributed by atoms with Crippen LogP contribution in [-0.4, -0.2) is 39.2 Å². The van der Waals surface area contributed by atoms with E-state index in [2.05, 4.69) is 39.3 Å². The average Bonchev–Trinajstić information content (AvgIpc) is 2.90. The van der Waals surface area contributed by atoms with Crippen LogP contribution in [0.3, 0.4) is 0 Å². The Morgan fingerprint density at radius 1 is 0.972 bits per heavy atom. The summed E-state index contributed by atoms with van der Waals surface area (Å²) in [6.45, 7) is 10.3. The first-order chi connectivity index (χ1) is 16.9. The first kappa shape index (κ1) is 33.0. The largest absolute Gasteiger partial charge is 3.00 e. The molecule has 1 radical (unpaired) electrons. The summed E-state index contributed by atoms with van der Waals surface area (Å²) in [6.07, 6.45) is 10.7. The number of esters is 2. The number of hydrogen-bond acceptors (Lipinski definition) is 5. The Hall–Kier alpha value is -2.98. The molecule has 0 saturated heterocycles. The Kier molecular flexibility index (Phi) is 16.8. The van der Waals surface area contributed by atoms with Crippen LogP contribution in [0.15, 0.2) is 66.8 Å². The van der Waals surface area contributed by atoms with Crippen LogP contribution in [0.5, 0.6) is 0 Å². The second-order valence-corrected chi connectivity index (χ2v) is 8.14. The van der Waals surface area contributed by atoms with Crippen LogP contribution in [0.2, 0.25) is 0 Å². The molecule has 2 aromatic carbocycles. The van der Waals surface area contributed by atoms with E-state index in [-0.39, 0.29) is 46.7 Å². The molecule has 0 atom stereocenters. The van der Waals surface area contributed by atoms with Gasteiger partial charge in [0.2, 0.25) is 0 Å². The monoisotopic (exact) mass is 534 g/mol. The summed E-state index contributed by atoms with van der Waals surface area (Å²) in [4.78, 5) is 25.1. The fourth-order valence-electron chi connectivity index (χ4n) is 3.23. The molecule has 0 fully saturated rings. The summed E-state index contributed by atoms with van der Waals surface area (Å²) in [5, 5.41) is 0. The summed E-state index contributed by atoms with van der Waals surface area (Å²) < 4.78 is 9.47. The van der Waals surface area contributed by atoms with Crippen molar-refractivity contribution in [3.63, 3.8) is 0 Å². The maximum absolute atomic E-state index is 11.5. The molecule has 2 rings (SSSR count). The molecule has 0 aliphatic rings. The van der Waals surface area contributed by atoms with Gasteiger partial charge in [-0.1, -0.05) is 37.5 Å². The van der Waals surface area contributed by atoms with Crippen LogP contribution >= 0.6 is 0 Å². The zero-order valence-electron chi connectivity index (χ0n) is 21.9. The number of nitrogens with zero attached hydrogens (tertiary/aromatic N) is 1. The minimum atomic E-state index is -0.283. The van der Waals surface area contributed by atoms with Crippen molar-refractivity contribution < 1.29 is 35.6 Å². The Morgan fingerprint density at radius 2 is 1.56 bits per heavy atom. The van der Waals surface area contributed by atoms with E-state index in [9.17, 15) is 9.59 Å². The molecule has 0 heterocycles. The molecule has 0 bridgehead atoms. The summed E-state index contributed by atoms with van der Waals surface area (Å²) in [6, 6.07) is 19.3. The number of ether oxygens (including phenoxy) is 2. The third-order valence-electron chi connectivity index (χ3n) is 5.31. The Labute approximate surface area is 227 Å². The normalized spacial score (nSPS) is 10.7. The van der Waals surface area contributed by atoms with Gasteiger partial charge in [0, 0.05) is 18.8 Å². The fourth-order valence-corrected chi connectivity index (χ4v) is 3.23. The van der Waals surface area contributed by atoms with Crippen molar-refractivity contribution in [2.24, 2.45) is 0 Å². The van der Waals surface area contributed by atoms with Crippen LogP contribution in [0.4, 0.5) is 5.69 Å². The van der Waals surface area contributed by atoms with Gasteiger partial charge in [-0.2, -0.15) is 42.8 Å². The molecular formula is C30H38NNiO4. The SMILES string of the molecule is COC(=O)CCN(CCC(=O)OC)c1ccc(/C=C/C=C/[CH-]C(C)(C)c2[c-]cccc2)cc1.[CH2-]C.[Ni+3]. The van der Waals surface area contributed by atoms with Gasteiger partial charge in [-0.05, 0) is 17.7 Å². The van der Waals surface area contributed by atoms with Crippen molar-refractivity contribution in [1.29, 1.82) is 0 Å². The first-order valence-electron chi connectivity index (χ1n) is 11.7. The van der Waals surface area contributed by atoms with Crippen molar-refractivity contribution in [3.05, 3.63) is 97.3 Å². The molecule has 2 aromatic rings. The average molecular weight is 535 g/mol. The predicted molar refractivity (Wildman–Crippen MR) is 144 cm³/mol. The smallest absolute Gasteiger partial charge is 0.469 e. The molecule has 0 aliphatic heterocycles. The molecule has 0 aromatic heterocycles. The molecule has 0 spiro atoms. The first-order valence-corrected chi connectivity index (χ1v) is 11.7. The molecule has 0 unspecified atom stereocenters. The zero-order chi connectivity index (χ0) is 26.1. The van der Waals surface area contributed by atoms with Gasteiger partial charge in [0.25, 0.3) is 0 Å². The number of methoxy groups -OCH3 is 2. The number of carbonyl (C=O) groups excluding carboxylic acids is 2. The number of rotatable bonds is 12. The van der Waals surface area contributed by atoms with Crippen molar-refractivity contribution in [2.75, 3.05) is 32.2 Å². The maximum atomic E-state index is 11.5. The summed E-state index contributed by atoms with van der Waals surface area (Å²) in [5.74, 6) is -0.566. The number of allylic oxidation sites excluding steroid dienone is 3. The van der Waals surface area contributed by atoms with Crippen molar-refractivity contribution in [1.82, 2.24) is 0 Å². The summed E-state index contributed by atoms with van der Waals surface area (Å²) in [5.41, 5.74) is 3.05. The van der Waals surface area contributed by atoms with Crippen molar-refractivity contribution >= 4 is 23.7 Å². The minimum Gasteiger partial charge on any atom is -0.469 e. The van der Waals surface area contributed by atoms with Gasteiger partial charge < -0.3 is 21.3 Å². The van der Waals surface area contributed by atoms with E-state index in [1.807, 2.05) is 71.7 Å². The number of hydrogen-bond donors (Lipinski definition) is 0. The molecule has 0 amide bonds. The summed E-state index contributed by atoms with van der Waals surface area (Å²) in [7, 11) is 2.74. The van der Waals surface area contributed by atoms with Crippen LogP contribution < -0.4 is 4.90 Å². The quantitative estimate of drug-likeness (QED) is 0.144. The minimum absolute atomic E-state index is 0. The van der Waals surface area contributed by atoms with E-state index in [0.717, 1.165) is 16.8 Å². The van der Waals surface area contributed by atoms with Gasteiger partial charge in [-0.25, -0.2) is 18.6 Å². The fraction of sp³-hybridized carbons (Fsp3) is 0.333. The van der Waals surface area contributed by atoms with Crippen molar-refractivity contribution in [3.8, 4) is 0 Å². The van der Waals surface area contributed by atoms with Gasteiger partial charge in [-0.15, -0.1) is 6.08 Å². The Bertz CT molecular complexity index is 917. The van der Waals surface area contributed by atoms with Gasteiger partial charge in [0.15, 0.2) is 0 Å². The zero-order valence-corrected chi connectivity index (χ0v) is 22.9. The van der Waals surface area contributed by atoms with Crippen molar-refractivity contribution in [2.45, 2.75) is 39.0 Å². The molecule has 0 N–H and O–H groups in total. The van der Waals surface area contributed by atoms with Crippen LogP contribution in [0.25, 0.3) is 6.08 Å². The second-order valence-electron chi connectivity index (χ2n) is 8.14. The Balaban J connectivity index is 0.00000398. The molecule has 6 heteroatoms. The molecule has 0 saturated carbocycles. The van der Waals surface area contributed by atoms with E-state index in [1.165, 1.54) is 14.2 Å². The molecule has 36 heavy (non-hydrogen) atoms. The molecule has 197 valence electrons. The standard InChI is InChI=1S/C28H33NO4.C2H5.Ni/c1-28(2,24-12-8-5-9-13-24)20-10-6-7-11-23-14-16-25(17-15-23)29(21-18-26(30)32-3)22-19-27(31)33-4;1-2;/h5-12,14-17,20H,18-19,21-22H2,1-4H3;1H2,2H3;/q-2;-1;+3/b10-6+,11-7+;;. The van der Waals surface area contributed by atoms with Gasteiger partial charge >= 0.3 is 28.4 Å².